The van der Waals surface area contributed by atoms with Crippen molar-refractivity contribution in [2.24, 2.45) is 0 Å². The van der Waals surface area contributed by atoms with E-state index in [4.69, 9.17) is 4.74 Å². The topological polar surface area (TPSA) is 39.2 Å². The second-order valence-electron chi connectivity index (χ2n) is 4.21. The summed E-state index contributed by atoms with van der Waals surface area (Å²) >= 11 is 1.36. The van der Waals surface area contributed by atoms with Crippen molar-refractivity contribution in [1.29, 1.82) is 0 Å². The molecule has 0 unspecified atom stereocenters. The van der Waals surface area contributed by atoms with Crippen LogP contribution in [0.4, 0.5) is 0 Å². The van der Waals surface area contributed by atoms with Crippen LogP contribution in [-0.4, -0.2) is 18.4 Å². The Morgan fingerprint density at radius 1 is 1.28 bits per heavy atom. The first kappa shape index (κ1) is 12.8. The molecule has 3 nitrogen and oxygen atoms in total. The van der Waals surface area contributed by atoms with E-state index in [2.05, 4.69) is 11.1 Å². The highest BCUT2D eigenvalue weighted by atomic mass is 32.1. The molecule has 0 bridgehead atoms. The minimum Gasteiger partial charge on any atom is -0.496 e. The van der Waals surface area contributed by atoms with Crippen LogP contribution in [0.15, 0.2) is 11.4 Å². The summed E-state index contributed by atoms with van der Waals surface area (Å²) in [7, 11) is 1.68. The minimum atomic E-state index is 0.510. The van der Waals surface area contributed by atoms with E-state index in [9.17, 15) is 4.79 Å². The van der Waals surface area contributed by atoms with Crippen molar-refractivity contribution in [3.05, 3.63) is 33.1 Å². The zero-order valence-electron chi connectivity index (χ0n) is 10.9. The Hall–Kier alpha value is -1.68. The number of benzene rings is 1. The highest BCUT2D eigenvalue weighted by Gasteiger charge is 2.14. The molecule has 0 aliphatic rings. The van der Waals surface area contributed by atoms with Crippen LogP contribution in [0, 0.1) is 20.8 Å². The molecule has 0 N–H and O–H groups in total. The Morgan fingerprint density at radius 3 is 2.56 bits per heavy atom. The zero-order valence-corrected chi connectivity index (χ0v) is 11.7. The van der Waals surface area contributed by atoms with E-state index in [0.717, 1.165) is 40.0 Å². The van der Waals surface area contributed by atoms with Crippen LogP contribution in [0.2, 0.25) is 0 Å². The number of methoxy groups -OCH3 is 1. The van der Waals surface area contributed by atoms with Crippen LogP contribution in [0.5, 0.6) is 5.75 Å². The Labute approximate surface area is 110 Å². The number of ether oxygens (including phenoxy) is 1. The minimum absolute atomic E-state index is 0.510. The van der Waals surface area contributed by atoms with Gasteiger partial charge >= 0.3 is 0 Å². The number of thiazole rings is 1. The molecule has 18 heavy (non-hydrogen) atoms. The van der Waals surface area contributed by atoms with E-state index in [1.54, 1.807) is 7.11 Å². The number of hydrogen-bond acceptors (Lipinski definition) is 4. The summed E-state index contributed by atoms with van der Waals surface area (Å²) in [5.41, 5.74) is 5.26. The first-order valence-electron chi connectivity index (χ1n) is 5.64. The molecule has 0 spiro atoms. The molecule has 0 radical (unpaired) electrons. The van der Waals surface area contributed by atoms with Crippen LogP contribution < -0.4 is 4.74 Å². The van der Waals surface area contributed by atoms with Gasteiger partial charge in [0, 0.05) is 10.9 Å². The van der Waals surface area contributed by atoms with Crippen molar-refractivity contribution in [2.45, 2.75) is 20.8 Å². The fourth-order valence-corrected chi connectivity index (χ4v) is 2.72. The Bertz CT molecular complexity index is 602. The molecule has 0 aliphatic carbocycles. The molecule has 94 valence electrons. The summed E-state index contributed by atoms with van der Waals surface area (Å²) in [6.07, 6.45) is 0.784. The molecule has 0 atom stereocenters. The molecule has 1 aromatic carbocycles. The second-order valence-corrected chi connectivity index (χ2v) is 5.10. The smallest absolute Gasteiger partial charge is 0.178 e. The SMILES string of the molecule is COc1c(C)cc(-c2csc(C=O)n2)c(C)c1C. The Morgan fingerprint density at radius 2 is 2.00 bits per heavy atom. The third kappa shape index (κ3) is 2.04. The molecule has 0 fully saturated rings. The summed E-state index contributed by atoms with van der Waals surface area (Å²) in [6.45, 7) is 6.10. The van der Waals surface area contributed by atoms with Gasteiger partial charge in [-0.25, -0.2) is 4.98 Å². The lowest BCUT2D eigenvalue weighted by atomic mass is 9.97. The Balaban J connectivity index is 2.61. The van der Waals surface area contributed by atoms with Gasteiger partial charge in [-0.05, 0) is 43.5 Å². The summed E-state index contributed by atoms with van der Waals surface area (Å²) in [5, 5.41) is 2.42. The monoisotopic (exact) mass is 261 g/mol. The normalized spacial score (nSPS) is 10.4. The van der Waals surface area contributed by atoms with E-state index in [-0.39, 0.29) is 0 Å². The van der Waals surface area contributed by atoms with Crippen molar-refractivity contribution in [1.82, 2.24) is 4.98 Å². The maximum absolute atomic E-state index is 10.7. The van der Waals surface area contributed by atoms with Crippen molar-refractivity contribution in [3.8, 4) is 17.0 Å². The molecule has 1 aromatic heterocycles. The van der Waals surface area contributed by atoms with E-state index in [1.807, 2.05) is 26.2 Å². The standard InChI is InChI=1S/C14H15NO2S/c1-8-5-11(9(2)10(3)14(8)17-4)12-7-18-13(6-16)15-12/h5-7H,1-4H3. The van der Waals surface area contributed by atoms with Crippen LogP contribution in [0.1, 0.15) is 26.5 Å². The van der Waals surface area contributed by atoms with Gasteiger partial charge in [0.1, 0.15) is 5.75 Å². The van der Waals surface area contributed by atoms with Crippen LogP contribution in [0.25, 0.3) is 11.3 Å². The third-order valence-electron chi connectivity index (χ3n) is 3.13. The summed E-state index contributed by atoms with van der Waals surface area (Å²) in [4.78, 5) is 15.0. The van der Waals surface area contributed by atoms with Gasteiger partial charge in [-0.1, -0.05) is 0 Å². The number of carbonyl (C=O) groups excluding carboxylic acids is 1. The summed E-state index contributed by atoms with van der Waals surface area (Å²) in [6, 6.07) is 2.06. The van der Waals surface area contributed by atoms with Crippen molar-refractivity contribution >= 4 is 17.6 Å². The first-order valence-corrected chi connectivity index (χ1v) is 6.52. The maximum Gasteiger partial charge on any atom is 0.178 e. The zero-order chi connectivity index (χ0) is 13.3. The highest BCUT2D eigenvalue weighted by Crippen LogP contribution is 2.34. The number of aromatic nitrogens is 1. The van der Waals surface area contributed by atoms with Crippen LogP contribution >= 0.6 is 11.3 Å². The van der Waals surface area contributed by atoms with Crippen LogP contribution in [-0.2, 0) is 0 Å². The molecule has 1 heterocycles. The van der Waals surface area contributed by atoms with E-state index in [1.165, 1.54) is 11.3 Å². The average molecular weight is 261 g/mol. The average Bonchev–Trinajstić information content (AvgIpc) is 2.83. The highest BCUT2D eigenvalue weighted by molar-refractivity contribution is 7.11. The van der Waals surface area contributed by atoms with E-state index >= 15 is 0 Å². The van der Waals surface area contributed by atoms with Gasteiger partial charge in [0.25, 0.3) is 0 Å². The van der Waals surface area contributed by atoms with Gasteiger partial charge in [-0.15, -0.1) is 11.3 Å². The van der Waals surface area contributed by atoms with E-state index in [0.29, 0.717) is 5.01 Å². The molecule has 0 saturated carbocycles. The van der Waals surface area contributed by atoms with Crippen molar-refractivity contribution < 1.29 is 9.53 Å². The predicted molar refractivity (Wildman–Crippen MR) is 73.7 cm³/mol. The second kappa shape index (κ2) is 4.90. The van der Waals surface area contributed by atoms with Gasteiger partial charge in [0.05, 0.1) is 12.8 Å². The molecule has 0 amide bonds. The lowest BCUT2D eigenvalue weighted by Crippen LogP contribution is -1.96. The Kier molecular flexibility index (Phi) is 3.48. The van der Waals surface area contributed by atoms with Gasteiger partial charge in [-0.3, -0.25) is 4.79 Å². The fraction of sp³-hybridized carbons (Fsp3) is 0.286. The predicted octanol–water partition coefficient (Wildman–Crippen LogP) is 3.56. The maximum atomic E-state index is 10.7. The van der Waals surface area contributed by atoms with Crippen molar-refractivity contribution in [2.75, 3.05) is 7.11 Å². The number of aldehydes is 1. The van der Waals surface area contributed by atoms with E-state index < -0.39 is 0 Å². The fourth-order valence-electron chi connectivity index (χ4n) is 2.10. The molecular formula is C14H15NO2S. The lowest BCUT2D eigenvalue weighted by molar-refractivity contribution is 0.112. The number of rotatable bonds is 3. The molecule has 0 aliphatic heterocycles. The summed E-state index contributed by atoms with van der Waals surface area (Å²) < 4.78 is 5.40. The van der Waals surface area contributed by atoms with Gasteiger partial charge in [-0.2, -0.15) is 0 Å². The number of nitrogens with zero attached hydrogens (tertiary/aromatic N) is 1. The van der Waals surface area contributed by atoms with Crippen LogP contribution in [0.3, 0.4) is 0 Å². The molecule has 2 rings (SSSR count). The molecular weight excluding hydrogens is 246 g/mol. The number of aryl methyl sites for hydroxylation is 1. The van der Waals surface area contributed by atoms with Gasteiger partial charge in [0.2, 0.25) is 0 Å². The molecule has 2 aromatic rings. The van der Waals surface area contributed by atoms with Gasteiger partial charge in [0.15, 0.2) is 11.3 Å². The number of carbonyl (C=O) groups is 1. The van der Waals surface area contributed by atoms with Gasteiger partial charge < -0.3 is 4.74 Å². The number of hydrogen-bond donors (Lipinski definition) is 0. The third-order valence-corrected chi connectivity index (χ3v) is 3.90. The summed E-state index contributed by atoms with van der Waals surface area (Å²) in [5.74, 6) is 0.919. The largest absolute Gasteiger partial charge is 0.496 e. The molecule has 0 saturated heterocycles. The molecule has 4 heteroatoms. The first-order chi connectivity index (χ1) is 8.58. The quantitative estimate of drug-likeness (QED) is 0.793. The lowest BCUT2D eigenvalue weighted by Gasteiger charge is -2.14. The van der Waals surface area contributed by atoms with Crippen molar-refractivity contribution in [3.63, 3.8) is 0 Å².